The first kappa shape index (κ1) is 18.6. The standard InChI is InChI=1S/C20H22N2O5/c1-13(27-20(24)14-4-7-16(8-5-14)22(2)3)19(23)21-15-6-9-17-18(12-15)26-11-10-25-17/h4-9,12-13H,10-11H2,1-3H3,(H,21,23). The summed E-state index contributed by atoms with van der Waals surface area (Å²) in [5.74, 6) is 0.236. The molecule has 0 saturated heterocycles. The third kappa shape index (κ3) is 4.49. The summed E-state index contributed by atoms with van der Waals surface area (Å²) in [6.45, 7) is 2.49. The van der Waals surface area contributed by atoms with Crippen LogP contribution in [0.15, 0.2) is 42.5 Å². The van der Waals surface area contributed by atoms with Crippen LogP contribution in [0.2, 0.25) is 0 Å². The van der Waals surface area contributed by atoms with E-state index in [-0.39, 0.29) is 0 Å². The molecule has 1 aliphatic heterocycles. The van der Waals surface area contributed by atoms with Crippen molar-refractivity contribution in [3.05, 3.63) is 48.0 Å². The topological polar surface area (TPSA) is 77.1 Å². The van der Waals surface area contributed by atoms with Crippen molar-refractivity contribution >= 4 is 23.3 Å². The number of nitrogens with one attached hydrogen (secondary N) is 1. The number of rotatable bonds is 5. The Labute approximate surface area is 157 Å². The minimum Gasteiger partial charge on any atom is -0.486 e. The molecule has 142 valence electrons. The van der Waals surface area contributed by atoms with Gasteiger partial charge in [-0.1, -0.05) is 0 Å². The van der Waals surface area contributed by atoms with Gasteiger partial charge in [-0.2, -0.15) is 0 Å². The first-order valence-electron chi connectivity index (χ1n) is 8.63. The van der Waals surface area contributed by atoms with Gasteiger partial charge in [-0.15, -0.1) is 0 Å². The number of esters is 1. The molecule has 0 fully saturated rings. The van der Waals surface area contributed by atoms with Crippen molar-refractivity contribution in [3.63, 3.8) is 0 Å². The van der Waals surface area contributed by atoms with Gasteiger partial charge in [0.1, 0.15) is 13.2 Å². The first-order valence-corrected chi connectivity index (χ1v) is 8.63. The zero-order valence-electron chi connectivity index (χ0n) is 15.5. The van der Waals surface area contributed by atoms with Crippen molar-refractivity contribution < 1.29 is 23.8 Å². The second-order valence-electron chi connectivity index (χ2n) is 6.34. The molecule has 2 aromatic carbocycles. The van der Waals surface area contributed by atoms with Crippen LogP contribution >= 0.6 is 0 Å². The van der Waals surface area contributed by atoms with E-state index in [1.807, 2.05) is 31.1 Å². The average molecular weight is 370 g/mol. The van der Waals surface area contributed by atoms with Gasteiger partial charge < -0.3 is 24.4 Å². The van der Waals surface area contributed by atoms with Crippen LogP contribution in [0.4, 0.5) is 11.4 Å². The lowest BCUT2D eigenvalue weighted by molar-refractivity contribution is -0.123. The summed E-state index contributed by atoms with van der Waals surface area (Å²) in [5.41, 5.74) is 1.90. The lowest BCUT2D eigenvalue weighted by atomic mass is 10.2. The van der Waals surface area contributed by atoms with Gasteiger partial charge in [0, 0.05) is 31.5 Å². The molecule has 1 amide bonds. The van der Waals surface area contributed by atoms with Crippen molar-refractivity contribution in [3.8, 4) is 11.5 Å². The highest BCUT2D eigenvalue weighted by Gasteiger charge is 2.20. The Kier molecular flexibility index (Phi) is 5.49. The van der Waals surface area contributed by atoms with Crippen LogP contribution in [0.3, 0.4) is 0 Å². The predicted octanol–water partition coefficient (Wildman–Crippen LogP) is 2.71. The number of nitrogens with zero attached hydrogens (tertiary/aromatic N) is 1. The van der Waals surface area contributed by atoms with E-state index in [1.165, 1.54) is 6.92 Å². The number of fused-ring (bicyclic) bond motifs is 1. The molecule has 1 N–H and O–H groups in total. The Morgan fingerprint density at radius 1 is 1.04 bits per heavy atom. The molecule has 1 atom stereocenters. The molecule has 3 rings (SSSR count). The van der Waals surface area contributed by atoms with Gasteiger partial charge in [0.25, 0.3) is 5.91 Å². The molecule has 27 heavy (non-hydrogen) atoms. The molecule has 1 unspecified atom stereocenters. The molecule has 7 nitrogen and oxygen atoms in total. The zero-order chi connectivity index (χ0) is 19.4. The molecule has 0 aromatic heterocycles. The highest BCUT2D eigenvalue weighted by molar-refractivity contribution is 5.97. The second-order valence-corrected chi connectivity index (χ2v) is 6.34. The summed E-state index contributed by atoms with van der Waals surface area (Å²) < 4.78 is 16.2. The normalized spacial score (nSPS) is 13.4. The second kappa shape index (κ2) is 7.99. The summed E-state index contributed by atoms with van der Waals surface area (Å²) in [5, 5.41) is 2.71. The van der Waals surface area contributed by atoms with Gasteiger partial charge >= 0.3 is 5.97 Å². The van der Waals surface area contributed by atoms with Crippen LogP contribution in [-0.2, 0) is 9.53 Å². The zero-order valence-corrected chi connectivity index (χ0v) is 15.5. The minimum absolute atomic E-state index is 0.388. The molecule has 0 saturated carbocycles. The van der Waals surface area contributed by atoms with Gasteiger partial charge in [-0.25, -0.2) is 4.79 Å². The first-order chi connectivity index (χ1) is 12.9. The van der Waals surface area contributed by atoms with Crippen molar-refractivity contribution in [2.75, 3.05) is 37.5 Å². The minimum atomic E-state index is -0.945. The number of benzene rings is 2. The predicted molar refractivity (Wildman–Crippen MR) is 102 cm³/mol. The molecular weight excluding hydrogens is 348 g/mol. The van der Waals surface area contributed by atoms with Gasteiger partial charge in [0.15, 0.2) is 17.6 Å². The van der Waals surface area contributed by atoms with Gasteiger partial charge in [0.2, 0.25) is 0 Å². The number of carbonyl (C=O) groups excluding carboxylic acids is 2. The number of ether oxygens (including phenoxy) is 3. The molecule has 1 heterocycles. The number of amides is 1. The SMILES string of the molecule is CC(OC(=O)c1ccc(N(C)C)cc1)C(=O)Nc1ccc2c(c1)OCCO2. The van der Waals surface area contributed by atoms with E-state index in [9.17, 15) is 9.59 Å². The van der Waals surface area contributed by atoms with E-state index >= 15 is 0 Å². The Balaban J connectivity index is 1.59. The van der Waals surface area contributed by atoms with E-state index in [2.05, 4.69) is 5.32 Å². The van der Waals surface area contributed by atoms with E-state index < -0.39 is 18.0 Å². The molecule has 0 bridgehead atoms. The third-order valence-electron chi connectivity index (χ3n) is 4.08. The van der Waals surface area contributed by atoms with E-state index in [0.717, 1.165) is 5.69 Å². The van der Waals surface area contributed by atoms with Crippen molar-refractivity contribution in [2.45, 2.75) is 13.0 Å². The number of hydrogen-bond acceptors (Lipinski definition) is 6. The maximum Gasteiger partial charge on any atom is 0.338 e. The largest absolute Gasteiger partial charge is 0.486 e. The van der Waals surface area contributed by atoms with E-state index in [4.69, 9.17) is 14.2 Å². The molecule has 2 aromatic rings. The monoisotopic (exact) mass is 370 g/mol. The summed E-state index contributed by atoms with van der Waals surface area (Å²) in [6.07, 6.45) is -0.945. The maximum absolute atomic E-state index is 12.3. The maximum atomic E-state index is 12.3. The highest BCUT2D eigenvalue weighted by Crippen LogP contribution is 2.32. The molecule has 0 spiro atoms. The fourth-order valence-electron chi connectivity index (χ4n) is 2.54. The smallest absolute Gasteiger partial charge is 0.338 e. The average Bonchev–Trinajstić information content (AvgIpc) is 2.67. The van der Waals surface area contributed by atoms with Crippen LogP contribution in [0, 0.1) is 0 Å². The highest BCUT2D eigenvalue weighted by atomic mass is 16.6. The van der Waals surface area contributed by atoms with Crippen molar-refractivity contribution in [1.82, 2.24) is 0 Å². The Hall–Kier alpha value is -3.22. The van der Waals surface area contributed by atoms with Crippen LogP contribution in [0.25, 0.3) is 0 Å². The molecule has 0 radical (unpaired) electrons. The summed E-state index contributed by atoms with van der Waals surface area (Å²) in [4.78, 5) is 26.5. The van der Waals surface area contributed by atoms with Crippen LogP contribution in [0.5, 0.6) is 11.5 Å². The number of hydrogen-bond donors (Lipinski definition) is 1. The number of anilines is 2. The molecule has 7 heteroatoms. The molecular formula is C20H22N2O5. The van der Waals surface area contributed by atoms with Gasteiger partial charge in [0.05, 0.1) is 5.56 Å². The van der Waals surface area contributed by atoms with Crippen LogP contribution in [0.1, 0.15) is 17.3 Å². The Bertz CT molecular complexity index is 833. The van der Waals surface area contributed by atoms with Gasteiger partial charge in [-0.05, 0) is 43.3 Å². The molecule has 1 aliphatic rings. The number of carbonyl (C=O) groups is 2. The Morgan fingerprint density at radius 2 is 1.70 bits per heavy atom. The van der Waals surface area contributed by atoms with E-state index in [1.54, 1.807) is 30.3 Å². The van der Waals surface area contributed by atoms with Crippen molar-refractivity contribution in [1.29, 1.82) is 0 Å². The van der Waals surface area contributed by atoms with Crippen molar-refractivity contribution in [2.24, 2.45) is 0 Å². The van der Waals surface area contributed by atoms with Crippen LogP contribution < -0.4 is 19.7 Å². The lowest BCUT2D eigenvalue weighted by Crippen LogP contribution is -2.30. The third-order valence-corrected chi connectivity index (χ3v) is 4.08. The van der Waals surface area contributed by atoms with Gasteiger partial charge in [-0.3, -0.25) is 4.79 Å². The van der Waals surface area contributed by atoms with Crippen LogP contribution in [-0.4, -0.2) is 45.3 Å². The quantitative estimate of drug-likeness (QED) is 0.816. The Morgan fingerprint density at radius 3 is 2.37 bits per heavy atom. The summed E-state index contributed by atoms with van der Waals surface area (Å²) in [6, 6.07) is 12.1. The molecule has 0 aliphatic carbocycles. The fourth-order valence-corrected chi connectivity index (χ4v) is 2.54. The van der Waals surface area contributed by atoms with E-state index in [0.29, 0.717) is 36.0 Å². The summed E-state index contributed by atoms with van der Waals surface area (Å²) >= 11 is 0. The fraction of sp³-hybridized carbons (Fsp3) is 0.300. The lowest BCUT2D eigenvalue weighted by Gasteiger charge is -2.19. The summed E-state index contributed by atoms with van der Waals surface area (Å²) in [7, 11) is 3.83.